The summed E-state index contributed by atoms with van der Waals surface area (Å²) in [5.74, 6) is 0.673. The smallest absolute Gasteiger partial charge is 0.251 e. The number of nitrogens with one attached hydrogen (secondary N) is 2. The normalized spacial score (nSPS) is 25.0. The van der Waals surface area contributed by atoms with Gasteiger partial charge in [0.1, 0.15) is 18.3 Å². The molecule has 1 aromatic carbocycles. The van der Waals surface area contributed by atoms with Gasteiger partial charge in [0.25, 0.3) is 5.91 Å². The largest absolute Gasteiger partial charge is 0.497 e. The third-order valence-corrected chi connectivity index (χ3v) is 5.61. The summed E-state index contributed by atoms with van der Waals surface area (Å²) in [5.41, 5.74) is 4.45. The van der Waals surface area contributed by atoms with Gasteiger partial charge in [0.05, 0.1) is 13.2 Å². The number of benzene rings is 1. The second-order valence-corrected chi connectivity index (χ2v) is 7.43. The van der Waals surface area contributed by atoms with Gasteiger partial charge in [-0.05, 0) is 37.0 Å². The van der Waals surface area contributed by atoms with Crippen LogP contribution in [0.15, 0.2) is 36.7 Å². The van der Waals surface area contributed by atoms with Crippen molar-refractivity contribution < 1.29 is 14.3 Å². The van der Waals surface area contributed by atoms with E-state index in [-0.39, 0.29) is 36.5 Å². The molecule has 1 saturated heterocycles. The van der Waals surface area contributed by atoms with Crippen molar-refractivity contribution >= 4 is 11.8 Å². The maximum absolute atomic E-state index is 12.9. The van der Waals surface area contributed by atoms with Crippen molar-refractivity contribution in [3.63, 3.8) is 0 Å². The molecule has 1 aromatic rings. The van der Waals surface area contributed by atoms with E-state index >= 15 is 0 Å². The lowest BCUT2D eigenvalue weighted by Crippen LogP contribution is -2.51. The first kappa shape index (κ1) is 17.9. The molecule has 1 saturated carbocycles. The summed E-state index contributed by atoms with van der Waals surface area (Å²) in [6.07, 6.45) is 8.60. The van der Waals surface area contributed by atoms with Gasteiger partial charge in [0, 0.05) is 18.4 Å². The monoisotopic (exact) mass is 370 g/mol. The fourth-order valence-electron chi connectivity index (χ4n) is 4.14. The minimum atomic E-state index is -0.300. The molecule has 2 unspecified atom stereocenters. The van der Waals surface area contributed by atoms with Gasteiger partial charge in [-0.3, -0.25) is 9.59 Å². The van der Waals surface area contributed by atoms with Crippen molar-refractivity contribution in [3.05, 3.63) is 42.2 Å². The first-order valence-electron chi connectivity index (χ1n) is 9.60. The third kappa shape index (κ3) is 3.78. The summed E-state index contributed by atoms with van der Waals surface area (Å²) in [4.78, 5) is 26.7. The maximum atomic E-state index is 12.9. The molecule has 2 aliphatic heterocycles. The Morgan fingerprint density at radius 2 is 2.11 bits per heavy atom. The van der Waals surface area contributed by atoms with E-state index in [1.807, 2.05) is 35.5 Å². The van der Waals surface area contributed by atoms with Gasteiger partial charge in [0.2, 0.25) is 5.91 Å². The van der Waals surface area contributed by atoms with E-state index in [0.717, 1.165) is 24.2 Å². The quantitative estimate of drug-likeness (QED) is 0.825. The average Bonchev–Trinajstić information content (AvgIpc) is 3.34. The van der Waals surface area contributed by atoms with Crippen LogP contribution < -0.4 is 15.5 Å². The van der Waals surface area contributed by atoms with Gasteiger partial charge in [-0.25, -0.2) is 5.43 Å². The van der Waals surface area contributed by atoms with Crippen LogP contribution in [0.5, 0.6) is 5.75 Å². The molecule has 0 spiro atoms. The zero-order valence-corrected chi connectivity index (χ0v) is 15.6. The van der Waals surface area contributed by atoms with E-state index in [1.54, 1.807) is 13.3 Å². The number of carbonyl (C=O) groups excluding carboxylic acids is 2. The van der Waals surface area contributed by atoms with Crippen LogP contribution in [0.3, 0.4) is 0 Å². The van der Waals surface area contributed by atoms with Crippen LogP contribution in [0.25, 0.3) is 0 Å². The molecule has 0 radical (unpaired) electrons. The molecule has 2 heterocycles. The highest BCUT2D eigenvalue weighted by Crippen LogP contribution is 2.32. The van der Waals surface area contributed by atoms with Crippen molar-refractivity contribution in [3.8, 4) is 5.75 Å². The van der Waals surface area contributed by atoms with Crippen LogP contribution in [0, 0.1) is 0 Å². The summed E-state index contributed by atoms with van der Waals surface area (Å²) >= 11 is 0. The van der Waals surface area contributed by atoms with E-state index in [9.17, 15) is 9.59 Å². The second kappa shape index (κ2) is 7.60. The number of carbonyl (C=O) groups is 2. The van der Waals surface area contributed by atoms with E-state index in [2.05, 4.69) is 10.7 Å². The lowest BCUT2D eigenvalue weighted by atomic mass is 10.0. The van der Waals surface area contributed by atoms with Gasteiger partial charge in [-0.15, -0.1) is 0 Å². The Kier molecular flexibility index (Phi) is 5.03. The molecule has 0 aromatic heterocycles. The molecular formula is C20H26N4O3. The highest BCUT2D eigenvalue weighted by Gasteiger charge is 2.40. The van der Waals surface area contributed by atoms with Crippen molar-refractivity contribution in [1.29, 1.82) is 0 Å². The molecule has 2 amide bonds. The van der Waals surface area contributed by atoms with Gasteiger partial charge in [-0.1, -0.05) is 25.0 Å². The first-order valence-corrected chi connectivity index (χ1v) is 9.60. The topological polar surface area (TPSA) is 73.9 Å². The van der Waals surface area contributed by atoms with Gasteiger partial charge in [0.15, 0.2) is 0 Å². The van der Waals surface area contributed by atoms with Crippen LogP contribution in [-0.4, -0.2) is 47.5 Å². The number of amides is 2. The fraction of sp³-hybridized carbons (Fsp3) is 0.500. The fourth-order valence-corrected chi connectivity index (χ4v) is 4.14. The minimum Gasteiger partial charge on any atom is -0.497 e. The molecule has 2 fully saturated rings. The number of nitrogens with zero attached hydrogens (tertiary/aromatic N) is 2. The minimum absolute atomic E-state index is 0.0333. The Labute approximate surface area is 159 Å². The molecular weight excluding hydrogens is 344 g/mol. The average molecular weight is 370 g/mol. The number of fused-ring (bicyclic) bond motifs is 1. The number of ether oxygens (including phenoxy) is 1. The molecule has 4 rings (SSSR count). The van der Waals surface area contributed by atoms with E-state index in [4.69, 9.17) is 4.74 Å². The van der Waals surface area contributed by atoms with E-state index in [1.165, 1.54) is 17.7 Å². The molecule has 0 bridgehead atoms. The standard InChI is InChI=1S/C20H26N4O3/c1-27-16-8-4-5-14(11-16)17-12-18-20(26)23(9-10-24(18)22-17)13-19(25)21-15-6-2-3-7-15/h4-5,8-11,15,17-18,22H,2-3,6-7,12-13H2,1H3,(H,21,25). The van der Waals surface area contributed by atoms with Crippen LogP contribution in [-0.2, 0) is 9.59 Å². The Bertz CT molecular complexity index is 744. The molecule has 144 valence electrons. The highest BCUT2D eigenvalue weighted by atomic mass is 16.5. The molecule has 2 atom stereocenters. The lowest BCUT2D eigenvalue weighted by molar-refractivity contribution is -0.138. The zero-order valence-electron chi connectivity index (χ0n) is 15.6. The number of hydrogen-bond donors (Lipinski definition) is 2. The Balaban J connectivity index is 1.38. The third-order valence-electron chi connectivity index (χ3n) is 5.61. The molecule has 7 nitrogen and oxygen atoms in total. The summed E-state index contributed by atoms with van der Waals surface area (Å²) in [7, 11) is 1.64. The van der Waals surface area contributed by atoms with Gasteiger partial charge < -0.3 is 20.0 Å². The number of methoxy groups -OCH3 is 1. The van der Waals surface area contributed by atoms with Crippen LogP contribution in [0.4, 0.5) is 0 Å². The summed E-state index contributed by atoms with van der Waals surface area (Å²) < 4.78 is 5.29. The second-order valence-electron chi connectivity index (χ2n) is 7.43. The van der Waals surface area contributed by atoms with Gasteiger partial charge >= 0.3 is 0 Å². The van der Waals surface area contributed by atoms with E-state index in [0.29, 0.717) is 6.42 Å². The summed E-state index contributed by atoms with van der Waals surface area (Å²) in [5, 5.41) is 4.89. The SMILES string of the molecule is COc1cccc(C2CC3C(=O)N(CC(=O)NC4CCCC4)C=CN3N2)c1. The van der Waals surface area contributed by atoms with Crippen molar-refractivity contribution in [2.75, 3.05) is 13.7 Å². The highest BCUT2D eigenvalue weighted by molar-refractivity contribution is 5.89. The predicted molar refractivity (Wildman–Crippen MR) is 100 cm³/mol. The summed E-state index contributed by atoms with van der Waals surface area (Å²) in [6.45, 7) is 0.0833. The van der Waals surface area contributed by atoms with Gasteiger partial charge in [-0.2, -0.15) is 0 Å². The molecule has 1 aliphatic carbocycles. The van der Waals surface area contributed by atoms with Crippen LogP contribution in [0.1, 0.15) is 43.7 Å². The molecule has 2 N–H and O–H groups in total. The lowest BCUT2D eigenvalue weighted by Gasteiger charge is -2.31. The van der Waals surface area contributed by atoms with Crippen molar-refractivity contribution in [2.24, 2.45) is 0 Å². The number of hydrazine groups is 1. The zero-order chi connectivity index (χ0) is 18.8. The predicted octanol–water partition coefficient (Wildman–Crippen LogP) is 1.69. The first-order chi connectivity index (χ1) is 13.1. The number of hydrogen-bond acceptors (Lipinski definition) is 5. The van der Waals surface area contributed by atoms with E-state index < -0.39 is 0 Å². The Morgan fingerprint density at radius 3 is 2.89 bits per heavy atom. The summed E-state index contributed by atoms with van der Waals surface area (Å²) in [6, 6.07) is 7.86. The molecule has 7 heteroatoms. The number of rotatable bonds is 5. The molecule has 27 heavy (non-hydrogen) atoms. The maximum Gasteiger partial charge on any atom is 0.251 e. The Morgan fingerprint density at radius 1 is 1.30 bits per heavy atom. The van der Waals surface area contributed by atoms with Crippen molar-refractivity contribution in [2.45, 2.75) is 50.2 Å². The molecule has 3 aliphatic rings. The van der Waals surface area contributed by atoms with Crippen LogP contribution in [0.2, 0.25) is 0 Å². The van der Waals surface area contributed by atoms with Crippen LogP contribution >= 0.6 is 0 Å². The Hall–Kier alpha value is -2.54. The van der Waals surface area contributed by atoms with Crippen molar-refractivity contribution in [1.82, 2.24) is 20.7 Å².